The lowest BCUT2D eigenvalue weighted by atomic mass is 9.70. The van der Waals surface area contributed by atoms with E-state index in [4.69, 9.17) is 0 Å². The van der Waals surface area contributed by atoms with Gasteiger partial charge in [0.2, 0.25) is 17.6 Å². The summed E-state index contributed by atoms with van der Waals surface area (Å²) in [7, 11) is -3.57. The second-order valence-corrected chi connectivity index (χ2v) is 22.2. The predicted octanol–water partition coefficient (Wildman–Crippen LogP) is 4.79. The number of hydrogen-bond donors (Lipinski definition) is 4. The molecule has 4 aliphatic carbocycles. The van der Waals surface area contributed by atoms with Crippen LogP contribution in [0, 0.1) is 28.6 Å². The van der Waals surface area contributed by atoms with Crippen molar-refractivity contribution in [3.8, 4) is 0 Å². The number of piperidine rings is 1. The van der Waals surface area contributed by atoms with Crippen LogP contribution in [0.2, 0.25) is 0 Å². The molecule has 300 valence electrons. The largest absolute Gasteiger partial charge is 0.347 e. The minimum Gasteiger partial charge on any atom is -0.347 e. The zero-order valence-electron chi connectivity index (χ0n) is 33.6. The summed E-state index contributed by atoms with van der Waals surface area (Å²) in [5.41, 5.74) is -1.72. The fraction of sp³-hybridized carbons (Fsp3) is 0.875. The molecule has 13 heteroatoms. The highest BCUT2D eigenvalue weighted by Gasteiger charge is 2.70. The van der Waals surface area contributed by atoms with E-state index in [9.17, 15) is 32.4 Å². The van der Waals surface area contributed by atoms with Crippen LogP contribution in [0.5, 0.6) is 0 Å². The fourth-order valence-electron chi connectivity index (χ4n) is 9.35. The minimum atomic E-state index is -3.57. The summed E-state index contributed by atoms with van der Waals surface area (Å²) >= 11 is 0. The van der Waals surface area contributed by atoms with Crippen LogP contribution in [-0.4, -0.2) is 89.6 Å². The maximum absolute atomic E-state index is 15.0. The van der Waals surface area contributed by atoms with Crippen molar-refractivity contribution in [3.05, 3.63) is 0 Å². The van der Waals surface area contributed by atoms with Crippen molar-refractivity contribution in [3.63, 3.8) is 0 Å². The van der Waals surface area contributed by atoms with Gasteiger partial charge in [0.15, 0.2) is 9.84 Å². The molecule has 5 fully saturated rings. The number of carbonyl (C=O) groups excluding carboxylic acids is 5. The van der Waals surface area contributed by atoms with E-state index in [2.05, 4.69) is 35.1 Å². The second kappa shape index (κ2) is 15.4. The van der Waals surface area contributed by atoms with Crippen LogP contribution in [0.3, 0.4) is 0 Å². The lowest BCUT2D eigenvalue weighted by Crippen LogP contribution is -2.65. The molecule has 0 bridgehead atoms. The Balaban J connectivity index is 1.40. The van der Waals surface area contributed by atoms with Crippen molar-refractivity contribution in [2.24, 2.45) is 28.6 Å². The molecule has 5 unspecified atom stereocenters. The summed E-state index contributed by atoms with van der Waals surface area (Å²) in [4.78, 5) is 71.3. The Morgan fingerprint density at radius 3 is 1.96 bits per heavy atom. The van der Waals surface area contributed by atoms with Gasteiger partial charge in [0, 0.05) is 12.6 Å². The van der Waals surface area contributed by atoms with Crippen molar-refractivity contribution in [2.75, 3.05) is 12.3 Å². The van der Waals surface area contributed by atoms with Gasteiger partial charge >= 0.3 is 6.03 Å². The van der Waals surface area contributed by atoms with Crippen LogP contribution in [-0.2, 0) is 29.0 Å². The van der Waals surface area contributed by atoms with Gasteiger partial charge in [-0.2, -0.15) is 0 Å². The van der Waals surface area contributed by atoms with Crippen LogP contribution in [0.4, 0.5) is 4.79 Å². The Morgan fingerprint density at radius 1 is 0.830 bits per heavy atom. The highest BCUT2D eigenvalue weighted by Crippen LogP contribution is 2.65. The maximum Gasteiger partial charge on any atom is 0.315 e. The molecule has 0 spiro atoms. The first-order valence-electron chi connectivity index (χ1n) is 20.4. The molecule has 0 aromatic heterocycles. The molecule has 4 saturated carbocycles. The van der Waals surface area contributed by atoms with E-state index in [1.54, 1.807) is 25.7 Å². The van der Waals surface area contributed by atoms with E-state index in [1.165, 1.54) is 0 Å². The number of carbonyl (C=O) groups is 5. The van der Waals surface area contributed by atoms with E-state index in [-0.39, 0.29) is 40.9 Å². The number of likely N-dealkylation sites (tertiary alicyclic amines) is 1. The van der Waals surface area contributed by atoms with Crippen LogP contribution in [0.1, 0.15) is 145 Å². The quantitative estimate of drug-likeness (QED) is 0.185. The summed E-state index contributed by atoms with van der Waals surface area (Å²) < 4.78 is 25.9. The number of hydrogen-bond acceptors (Lipinski definition) is 7. The summed E-state index contributed by atoms with van der Waals surface area (Å²) in [6, 6.07) is -3.37. The van der Waals surface area contributed by atoms with Crippen LogP contribution >= 0.6 is 0 Å². The average Bonchev–Trinajstić information content (AvgIpc) is 3.92. The van der Waals surface area contributed by atoms with Gasteiger partial charge in [0.05, 0.1) is 22.1 Å². The number of nitrogens with zero attached hydrogens (tertiary/aromatic N) is 1. The van der Waals surface area contributed by atoms with Crippen LogP contribution < -0.4 is 21.3 Å². The highest BCUT2D eigenvalue weighted by molar-refractivity contribution is 7.92. The Kier molecular flexibility index (Phi) is 12.1. The number of nitrogens with one attached hydrogen (secondary N) is 4. The Bertz CT molecular complexity index is 1520. The smallest absolute Gasteiger partial charge is 0.315 e. The van der Waals surface area contributed by atoms with Crippen molar-refractivity contribution < 1.29 is 32.4 Å². The number of amides is 5. The first-order valence-corrected chi connectivity index (χ1v) is 22.0. The number of sulfone groups is 1. The second-order valence-electron chi connectivity index (χ2n) is 19.5. The van der Waals surface area contributed by atoms with Gasteiger partial charge in [-0.3, -0.25) is 19.2 Å². The monoisotopic (exact) mass is 761 g/mol. The van der Waals surface area contributed by atoms with Crippen molar-refractivity contribution in [1.82, 2.24) is 26.2 Å². The molecule has 12 nitrogen and oxygen atoms in total. The molecule has 5 atom stereocenters. The van der Waals surface area contributed by atoms with E-state index < -0.39 is 67.3 Å². The van der Waals surface area contributed by atoms with Gasteiger partial charge in [-0.1, -0.05) is 73.1 Å². The normalized spacial score (nSPS) is 27.2. The van der Waals surface area contributed by atoms with Crippen molar-refractivity contribution in [2.45, 2.75) is 180 Å². The zero-order chi connectivity index (χ0) is 39.1. The minimum absolute atomic E-state index is 0.00235. The van der Waals surface area contributed by atoms with Crippen LogP contribution in [0.15, 0.2) is 0 Å². The Morgan fingerprint density at radius 2 is 1.42 bits per heavy atom. The average molecular weight is 762 g/mol. The van der Waals surface area contributed by atoms with Crippen molar-refractivity contribution in [1.29, 1.82) is 0 Å². The third-order valence-corrected chi connectivity index (χ3v) is 16.2. The first kappa shape index (κ1) is 41.5. The molecule has 5 rings (SSSR count). The third kappa shape index (κ3) is 9.23. The third-order valence-electron chi connectivity index (χ3n) is 13.4. The standard InChI is InChI=1S/C40H67N5O7S/c1-25(2)15-18-28(31(46)34(48)41-26-16-17-26)42-33(47)30-29-27(38(29,6)7)23-45(30)35(49)32(39(8)19-11-9-12-20-39)43-36(50)44-40(21-13-10-14-22-40)24-53(51,52)37(3,4)5/h25-30,32H,9-24H2,1-8H3,(H,41,48)(H,42,47)(H2,43,44,50). The number of ketones is 1. The number of Topliss-reactive ketones (excluding diaryl/α,β-unsaturated/α-hetero) is 1. The Hall–Kier alpha value is -2.70. The van der Waals surface area contributed by atoms with E-state index in [0.717, 1.165) is 64.2 Å². The fourth-order valence-corrected chi connectivity index (χ4v) is 10.9. The molecular formula is C40H67N5O7S. The number of fused-ring (bicyclic) bond motifs is 1. The lowest BCUT2D eigenvalue weighted by Gasteiger charge is -2.44. The van der Waals surface area contributed by atoms with Gasteiger partial charge in [-0.25, -0.2) is 13.2 Å². The van der Waals surface area contributed by atoms with E-state index >= 15 is 0 Å². The van der Waals surface area contributed by atoms with Gasteiger partial charge < -0.3 is 26.2 Å². The zero-order valence-corrected chi connectivity index (χ0v) is 34.4. The van der Waals surface area contributed by atoms with Gasteiger partial charge in [-0.05, 0) is 101 Å². The first-order chi connectivity index (χ1) is 24.6. The molecule has 5 amide bonds. The summed E-state index contributed by atoms with van der Waals surface area (Å²) in [5.74, 6) is -2.09. The predicted molar refractivity (Wildman–Crippen MR) is 204 cm³/mol. The molecule has 0 radical (unpaired) electrons. The van der Waals surface area contributed by atoms with Crippen LogP contribution in [0.25, 0.3) is 0 Å². The molecule has 1 heterocycles. The summed E-state index contributed by atoms with van der Waals surface area (Å²) in [6.07, 6.45) is 10.5. The topological polar surface area (TPSA) is 171 Å². The summed E-state index contributed by atoms with van der Waals surface area (Å²) in [6.45, 7) is 15.7. The van der Waals surface area contributed by atoms with Gasteiger partial charge in [0.25, 0.3) is 5.91 Å². The number of urea groups is 1. The molecule has 53 heavy (non-hydrogen) atoms. The molecule has 5 aliphatic rings. The maximum atomic E-state index is 15.0. The molecule has 1 saturated heterocycles. The molecule has 0 aromatic rings. The number of rotatable bonds is 14. The molecule has 1 aliphatic heterocycles. The van der Waals surface area contributed by atoms with Gasteiger partial charge in [-0.15, -0.1) is 0 Å². The molecule has 0 aromatic carbocycles. The SMILES string of the molecule is CC(C)CCC(NC(=O)C1C2C(CN1C(=O)C(NC(=O)NC1(CS(=O)(=O)C(C)(C)C)CCCCC1)C1(C)CCCCC1)C2(C)C)C(=O)C(=O)NC1CC1. The van der Waals surface area contributed by atoms with E-state index in [1.807, 2.05) is 20.8 Å². The van der Waals surface area contributed by atoms with E-state index in [0.29, 0.717) is 32.2 Å². The molecular weight excluding hydrogens is 695 g/mol. The van der Waals surface area contributed by atoms with Crippen molar-refractivity contribution >= 4 is 39.4 Å². The lowest BCUT2D eigenvalue weighted by molar-refractivity contribution is -0.146. The highest BCUT2D eigenvalue weighted by atomic mass is 32.2. The summed E-state index contributed by atoms with van der Waals surface area (Å²) in [5, 5.41) is 11.9. The Labute approximate surface area is 317 Å². The molecule has 4 N–H and O–H groups in total. The van der Waals surface area contributed by atoms with Gasteiger partial charge in [0.1, 0.15) is 12.1 Å².